The maximum atomic E-state index is 13.3. The molecule has 182 valence electrons. The van der Waals surface area contributed by atoms with Crippen molar-refractivity contribution in [2.24, 2.45) is 10.7 Å². The number of hydrogen-bond donors (Lipinski definition) is 4. The van der Waals surface area contributed by atoms with Crippen molar-refractivity contribution in [2.45, 2.75) is 69.7 Å². The molecule has 0 radical (unpaired) electrons. The zero-order valence-electron chi connectivity index (χ0n) is 20.5. The summed E-state index contributed by atoms with van der Waals surface area (Å²) in [5.41, 5.74) is 6.80. The predicted octanol–water partition coefficient (Wildman–Crippen LogP) is 1.78. The van der Waals surface area contributed by atoms with Gasteiger partial charge < -0.3 is 26.2 Å². The first-order valence-electron chi connectivity index (χ1n) is 11.7. The number of aliphatic hydroxyl groups excluding tert-OH is 1. The molecule has 0 bridgehead atoms. The predicted molar refractivity (Wildman–Crippen MR) is 132 cm³/mol. The first-order chi connectivity index (χ1) is 15.6. The Morgan fingerprint density at radius 2 is 2.18 bits per heavy atom. The third-order valence-corrected chi connectivity index (χ3v) is 7.37. The number of hydrogen-bond acceptors (Lipinski definition) is 6. The van der Waals surface area contributed by atoms with Gasteiger partial charge in [-0.1, -0.05) is 39.5 Å². The topological polar surface area (TPSA) is 112 Å². The van der Waals surface area contributed by atoms with Crippen molar-refractivity contribution in [1.29, 1.82) is 0 Å². The van der Waals surface area contributed by atoms with Gasteiger partial charge in [-0.3, -0.25) is 14.7 Å². The van der Waals surface area contributed by atoms with E-state index in [0.717, 1.165) is 12.0 Å². The van der Waals surface area contributed by atoms with E-state index in [-0.39, 0.29) is 17.4 Å². The molecule has 1 saturated heterocycles. The molecule has 8 heteroatoms. The van der Waals surface area contributed by atoms with Crippen LogP contribution >= 0.6 is 0 Å². The zero-order valence-corrected chi connectivity index (χ0v) is 20.5. The Labute approximate surface area is 197 Å². The fraction of sp³-hybridized carbons (Fsp3) is 0.600. The standard InChI is InChI=1S/C25H39N5O3/c1-7-20(26)29-19(14-27-8-2)25(5)22(31)18(15-30(25)6)28-23(32)16-10-9-11-17-21(16)33-13-12-24(17,3)4/h8-11,18-19,22,27,31H,2,7,12-15H2,1,3-6H3,(H2,26,29)(H,28,32)/t18-,19?,22?,25?/m1/s1. The number of aliphatic imine (C=N–C) groups is 1. The van der Waals surface area contributed by atoms with E-state index < -0.39 is 17.7 Å². The second kappa shape index (κ2) is 9.73. The van der Waals surface area contributed by atoms with E-state index in [1.54, 1.807) is 12.3 Å². The molecule has 0 saturated carbocycles. The number of ether oxygens (including phenoxy) is 1. The molecule has 2 aliphatic rings. The van der Waals surface area contributed by atoms with Gasteiger partial charge in [0.1, 0.15) is 5.75 Å². The van der Waals surface area contributed by atoms with Gasteiger partial charge in [0, 0.05) is 25.1 Å². The number of amides is 1. The second-order valence-corrected chi connectivity index (χ2v) is 9.90. The number of carbonyl (C=O) groups excluding carboxylic acids is 1. The minimum Gasteiger partial charge on any atom is -0.492 e. The number of aliphatic hydroxyl groups is 1. The Bertz CT molecular complexity index is 915. The van der Waals surface area contributed by atoms with E-state index in [9.17, 15) is 9.90 Å². The van der Waals surface area contributed by atoms with Crippen LogP contribution in [0.3, 0.4) is 0 Å². The quantitative estimate of drug-likeness (QED) is 0.350. The molecule has 8 nitrogen and oxygen atoms in total. The molecule has 1 amide bonds. The van der Waals surface area contributed by atoms with Gasteiger partial charge in [-0.15, -0.1) is 0 Å². The number of likely N-dealkylation sites (tertiary alicyclic amines) is 1. The molecule has 0 aromatic heterocycles. The third-order valence-electron chi connectivity index (χ3n) is 7.37. The summed E-state index contributed by atoms with van der Waals surface area (Å²) < 4.78 is 5.92. The molecule has 4 atom stereocenters. The molecule has 1 fully saturated rings. The number of nitrogens with one attached hydrogen (secondary N) is 2. The van der Waals surface area contributed by atoms with Gasteiger partial charge in [-0.05, 0) is 38.1 Å². The highest BCUT2D eigenvalue weighted by Crippen LogP contribution is 2.40. The van der Waals surface area contributed by atoms with Crippen LogP contribution in [-0.2, 0) is 5.41 Å². The van der Waals surface area contributed by atoms with Crippen LogP contribution in [0.15, 0.2) is 36.0 Å². The van der Waals surface area contributed by atoms with Crippen molar-refractivity contribution in [2.75, 3.05) is 26.7 Å². The minimum atomic E-state index is -0.853. The SMILES string of the molecule is C=CNCC(N=C(N)CC)C1(C)C(O)[C@H](NC(=O)c2cccc3c2OCCC3(C)C)CN1C. The van der Waals surface area contributed by atoms with Crippen LogP contribution in [0.25, 0.3) is 0 Å². The van der Waals surface area contributed by atoms with E-state index in [1.807, 2.05) is 37.9 Å². The van der Waals surface area contributed by atoms with Crippen LogP contribution in [0, 0.1) is 0 Å². The lowest BCUT2D eigenvalue weighted by molar-refractivity contribution is 0.0272. The van der Waals surface area contributed by atoms with E-state index >= 15 is 0 Å². The van der Waals surface area contributed by atoms with E-state index in [4.69, 9.17) is 10.5 Å². The highest BCUT2D eigenvalue weighted by Gasteiger charge is 2.53. The Hall–Kier alpha value is -2.58. The van der Waals surface area contributed by atoms with Crippen molar-refractivity contribution in [3.63, 3.8) is 0 Å². The largest absolute Gasteiger partial charge is 0.492 e. The Kier molecular flexibility index (Phi) is 7.39. The molecule has 33 heavy (non-hydrogen) atoms. The fourth-order valence-corrected chi connectivity index (χ4v) is 4.86. The lowest BCUT2D eigenvalue weighted by Gasteiger charge is -2.40. The number of nitrogens with zero attached hydrogens (tertiary/aromatic N) is 2. The summed E-state index contributed by atoms with van der Waals surface area (Å²) in [5, 5.41) is 17.6. The van der Waals surface area contributed by atoms with Crippen LogP contribution < -0.4 is 21.1 Å². The van der Waals surface area contributed by atoms with Crippen LogP contribution in [0.4, 0.5) is 0 Å². The fourth-order valence-electron chi connectivity index (χ4n) is 4.86. The number of carbonyl (C=O) groups is 1. The number of likely N-dealkylation sites (N-methyl/N-ethyl adjacent to an activating group) is 1. The number of para-hydroxylation sites is 1. The van der Waals surface area contributed by atoms with Crippen LogP contribution in [-0.4, -0.2) is 72.2 Å². The number of fused-ring (bicyclic) bond motifs is 1. The summed E-state index contributed by atoms with van der Waals surface area (Å²) in [6.07, 6.45) is 2.27. The highest BCUT2D eigenvalue weighted by molar-refractivity contribution is 5.97. The van der Waals surface area contributed by atoms with E-state index in [2.05, 4.69) is 36.1 Å². The minimum absolute atomic E-state index is 0.0574. The maximum absolute atomic E-state index is 13.3. The summed E-state index contributed by atoms with van der Waals surface area (Å²) >= 11 is 0. The van der Waals surface area contributed by atoms with Crippen LogP contribution in [0.1, 0.15) is 56.5 Å². The smallest absolute Gasteiger partial charge is 0.255 e. The molecule has 3 unspecified atom stereocenters. The lowest BCUT2D eigenvalue weighted by Crippen LogP contribution is -2.59. The number of rotatable bonds is 8. The molecular formula is C25H39N5O3. The summed E-state index contributed by atoms with van der Waals surface area (Å²) in [5.74, 6) is 0.919. The summed E-state index contributed by atoms with van der Waals surface area (Å²) in [4.78, 5) is 20.0. The monoisotopic (exact) mass is 457 g/mol. The average molecular weight is 458 g/mol. The van der Waals surface area contributed by atoms with Gasteiger partial charge in [0.15, 0.2) is 0 Å². The molecular weight excluding hydrogens is 418 g/mol. The van der Waals surface area contributed by atoms with Crippen molar-refractivity contribution in [1.82, 2.24) is 15.5 Å². The summed E-state index contributed by atoms with van der Waals surface area (Å²) in [6.45, 7) is 13.5. The molecule has 2 aliphatic heterocycles. The van der Waals surface area contributed by atoms with Gasteiger partial charge in [-0.2, -0.15) is 0 Å². The van der Waals surface area contributed by atoms with Crippen LogP contribution in [0.5, 0.6) is 5.75 Å². The molecule has 3 rings (SSSR count). The Morgan fingerprint density at radius 1 is 1.45 bits per heavy atom. The first-order valence-corrected chi connectivity index (χ1v) is 11.7. The first kappa shape index (κ1) is 25.1. The number of amidine groups is 1. The van der Waals surface area contributed by atoms with Crippen molar-refractivity contribution in [3.8, 4) is 5.75 Å². The normalized spacial score (nSPS) is 27.9. The lowest BCUT2D eigenvalue weighted by atomic mass is 9.79. The number of benzene rings is 1. The summed E-state index contributed by atoms with van der Waals surface area (Å²) in [7, 11) is 1.93. The third kappa shape index (κ3) is 4.73. The molecule has 0 aliphatic carbocycles. The summed E-state index contributed by atoms with van der Waals surface area (Å²) in [6, 6.07) is 4.90. The molecule has 2 heterocycles. The average Bonchev–Trinajstić information content (AvgIpc) is 2.99. The Morgan fingerprint density at radius 3 is 2.85 bits per heavy atom. The number of nitrogens with two attached hydrogens (primary N) is 1. The van der Waals surface area contributed by atoms with E-state index in [1.165, 1.54) is 0 Å². The molecule has 1 aromatic carbocycles. The van der Waals surface area contributed by atoms with Crippen molar-refractivity contribution >= 4 is 11.7 Å². The Balaban J connectivity index is 1.85. The van der Waals surface area contributed by atoms with Crippen molar-refractivity contribution < 1.29 is 14.6 Å². The van der Waals surface area contributed by atoms with Gasteiger partial charge in [0.25, 0.3) is 5.91 Å². The van der Waals surface area contributed by atoms with Crippen molar-refractivity contribution in [3.05, 3.63) is 42.1 Å². The molecule has 5 N–H and O–H groups in total. The van der Waals surface area contributed by atoms with E-state index in [0.29, 0.717) is 43.3 Å². The van der Waals surface area contributed by atoms with Gasteiger partial charge >= 0.3 is 0 Å². The van der Waals surface area contributed by atoms with Crippen LogP contribution in [0.2, 0.25) is 0 Å². The maximum Gasteiger partial charge on any atom is 0.255 e. The second-order valence-electron chi connectivity index (χ2n) is 9.90. The zero-order chi connectivity index (χ0) is 24.4. The van der Waals surface area contributed by atoms with Gasteiger partial charge in [0.2, 0.25) is 0 Å². The highest BCUT2D eigenvalue weighted by atomic mass is 16.5. The van der Waals surface area contributed by atoms with Gasteiger partial charge in [0.05, 0.1) is 41.7 Å². The van der Waals surface area contributed by atoms with Gasteiger partial charge in [-0.25, -0.2) is 0 Å². The molecule has 0 spiro atoms. The molecule has 1 aromatic rings.